The van der Waals surface area contributed by atoms with Gasteiger partial charge in [0.15, 0.2) is 0 Å². The second-order valence-electron chi connectivity index (χ2n) is 6.59. The molecule has 0 amide bonds. The maximum atomic E-state index is 2.84. The van der Waals surface area contributed by atoms with Crippen LogP contribution in [0.4, 0.5) is 0 Å². The molecule has 1 radical (unpaired) electrons. The third-order valence-electron chi connectivity index (χ3n) is 3.50. The molecule has 0 N–H and O–H groups in total. The van der Waals surface area contributed by atoms with Crippen LogP contribution in [0.15, 0.2) is 0 Å². The quantitative estimate of drug-likeness (QED) is 0.674. The van der Waals surface area contributed by atoms with E-state index in [1.54, 1.807) is 0 Å². The summed E-state index contributed by atoms with van der Waals surface area (Å²) < 4.78 is 8.47. The van der Waals surface area contributed by atoms with Crippen LogP contribution in [0.5, 0.6) is 0 Å². The predicted octanol–water partition coefficient (Wildman–Crippen LogP) is 2.88. The Balaban J connectivity index is 2.80. The molecule has 1 rings (SSSR count). The molecule has 0 spiro atoms. The van der Waals surface area contributed by atoms with Crippen molar-refractivity contribution in [3.05, 3.63) is 0 Å². The van der Waals surface area contributed by atoms with Crippen LogP contribution in [-0.4, -0.2) is 61.3 Å². The van der Waals surface area contributed by atoms with E-state index in [0.717, 1.165) is 0 Å². The SMILES string of the molecule is CCC[N](CCC)[Sn]1[N](C(C)C)C[N]1C(C)(C)C. The van der Waals surface area contributed by atoms with Crippen molar-refractivity contribution in [3.63, 3.8) is 0 Å². The fourth-order valence-electron chi connectivity index (χ4n) is 2.47. The summed E-state index contributed by atoms with van der Waals surface area (Å²) in [6.45, 7) is 20.2. The molecule has 0 aromatic rings. The van der Waals surface area contributed by atoms with Crippen LogP contribution in [0.25, 0.3) is 0 Å². The maximum absolute atomic E-state index is 2.84. The molecule has 18 heavy (non-hydrogen) atoms. The predicted molar refractivity (Wildman–Crippen MR) is 81.3 cm³/mol. The van der Waals surface area contributed by atoms with E-state index < -0.39 is 20.6 Å². The van der Waals surface area contributed by atoms with E-state index in [1.807, 2.05) is 0 Å². The van der Waals surface area contributed by atoms with Gasteiger partial charge in [0.1, 0.15) is 0 Å². The molecular weight excluding hydrogens is 329 g/mol. The van der Waals surface area contributed by atoms with Crippen LogP contribution in [0.2, 0.25) is 0 Å². The minimum atomic E-state index is -1.72. The van der Waals surface area contributed by atoms with Crippen LogP contribution in [0.1, 0.15) is 61.3 Å². The fraction of sp³-hybridized carbons (Fsp3) is 1.00. The number of nitrogens with zero attached hydrogens (tertiary/aromatic N) is 3. The molecule has 1 saturated heterocycles. The molecule has 1 fully saturated rings. The van der Waals surface area contributed by atoms with Crippen molar-refractivity contribution in [2.75, 3.05) is 19.8 Å². The topological polar surface area (TPSA) is 9.72 Å². The number of rotatable bonds is 6. The van der Waals surface area contributed by atoms with Crippen molar-refractivity contribution >= 4 is 20.6 Å². The van der Waals surface area contributed by atoms with Crippen LogP contribution in [0, 0.1) is 0 Å². The molecule has 0 unspecified atom stereocenters. The van der Waals surface area contributed by atoms with E-state index in [-0.39, 0.29) is 0 Å². The molecular formula is C14H32N3Sn. The Labute approximate surface area is 122 Å². The normalized spacial score (nSPS) is 19.8. The van der Waals surface area contributed by atoms with Crippen LogP contribution < -0.4 is 0 Å². The molecule has 1 aliphatic rings. The molecule has 107 valence electrons. The van der Waals surface area contributed by atoms with E-state index in [0.29, 0.717) is 11.6 Å². The Morgan fingerprint density at radius 3 is 1.94 bits per heavy atom. The molecule has 1 aliphatic heterocycles. The van der Waals surface area contributed by atoms with Gasteiger partial charge in [0, 0.05) is 0 Å². The first-order valence-corrected chi connectivity index (χ1v) is 11.3. The van der Waals surface area contributed by atoms with E-state index in [2.05, 4.69) is 57.8 Å². The third kappa shape index (κ3) is 3.84. The Hall–Kier alpha value is 0.679. The van der Waals surface area contributed by atoms with Crippen molar-refractivity contribution < 1.29 is 0 Å². The molecule has 0 aromatic carbocycles. The van der Waals surface area contributed by atoms with Crippen molar-refractivity contribution in [3.8, 4) is 0 Å². The summed E-state index contributed by atoms with van der Waals surface area (Å²) in [5.41, 5.74) is 0.347. The van der Waals surface area contributed by atoms with E-state index in [4.69, 9.17) is 0 Å². The van der Waals surface area contributed by atoms with Gasteiger partial charge in [0.05, 0.1) is 0 Å². The summed E-state index contributed by atoms with van der Waals surface area (Å²) in [6.07, 6.45) is 2.57. The summed E-state index contributed by atoms with van der Waals surface area (Å²) >= 11 is -1.72. The molecule has 1 heterocycles. The van der Waals surface area contributed by atoms with Gasteiger partial charge in [-0.3, -0.25) is 0 Å². The summed E-state index contributed by atoms with van der Waals surface area (Å²) in [5.74, 6) is 0. The molecule has 0 aromatic heterocycles. The van der Waals surface area contributed by atoms with Gasteiger partial charge in [0.2, 0.25) is 0 Å². The van der Waals surface area contributed by atoms with Crippen molar-refractivity contribution in [2.45, 2.75) is 72.9 Å². The Morgan fingerprint density at radius 1 is 1.11 bits per heavy atom. The average Bonchev–Trinajstić information content (AvgIpc) is 2.13. The molecule has 0 atom stereocenters. The molecule has 0 saturated carbocycles. The zero-order chi connectivity index (χ0) is 13.9. The van der Waals surface area contributed by atoms with Gasteiger partial charge in [-0.15, -0.1) is 0 Å². The summed E-state index contributed by atoms with van der Waals surface area (Å²) in [7, 11) is 0. The zero-order valence-electron chi connectivity index (χ0n) is 13.5. The summed E-state index contributed by atoms with van der Waals surface area (Å²) in [5, 5.41) is 0. The van der Waals surface area contributed by atoms with Gasteiger partial charge in [-0.05, 0) is 0 Å². The summed E-state index contributed by atoms with van der Waals surface area (Å²) in [4.78, 5) is 0. The minimum absolute atomic E-state index is 0.347. The van der Waals surface area contributed by atoms with E-state index in [9.17, 15) is 0 Å². The number of hydrogen-bond donors (Lipinski definition) is 0. The average molecular weight is 361 g/mol. The zero-order valence-corrected chi connectivity index (χ0v) is 16.3. The summed E-state index contributed by atoms with van der Waals surface area (Å²) in [6, 6.07) is 0.717. The van der Waals surface area contributed by atoms with Crippen LogP contribution in [0.3, 0.4) is 0 Å². The van der Waals surface area contributed by atoms with Gasteiger partial charge in [-0.2, -0.15) is 0 Å². The second kappa shape index (κ2) is 6.91. The molecule has 4 heteroatoms. The van der Waals surface area contributed by atoms with Crippen molar-refractivity contribution in [1.82, 2.24) is 9.36 Å². The van der Waals surface area contributed by atoms with Gasteiger partial charge in [0.25, 0.3) is 0 Å². The standard InChI is InChI=1S/C8H18N2.C6H14N.Sn/c1-7(2)9-6-10-8(3,4)5;1-3-5-7-6-4-2;/h7H,6H2,1-5H3;3-6H2,1-2H3;/q-2;-1;+3. The van der Waals surface area contributed by atoms with E-state index in [1.165, 1.54) is 32.6 Å². The van der Waals surface area contributed by atoms with Crippen molar-refractivity contribution in [1.29, 1.82) is 0 Å². The first-order valence-electron chi connectivity index (χ1n) is 7.49. The molecule has 3 nitrogen and oxygen atoms in total. The van der Waals surface area contributed by atoms with Crippen LogP contribution >= 0.6 is 0 Å². The van der Waals surface area contributed by atoms with Gasteiger partial charge in [-0.1, -0.05) is 0 Å². The number of hydrogen-bond acceptors (Lipinski definition) is 3. The first-order chi connectivity index (χ1) is 8.32. The Bertz CT molecular complexity index is 244. The molecule has 0 bridgehead atoms. The van der Waals surface area contributed by atoms with Gasteiger partial charge < -0.3 is 0 Å². The van der Waals surface area contributed by atoms with Crippen molar-refractivity contribution in [2.24, 2.45) is 0 Å². The fourth-order valence-corrected chi connectivity index (χ4v) is 11.7. The monoisotopic (exact) mass is 362 g/mol. The van der Waals surface area contributed by atoms with Crippen LogP contribution in [-0.2, 0) is 0 Å². The van der Waals surface area contributed by atoms with Gasteiger partial charge in [-0.25, -0.2) is 0 Å². The van der Waals surface area contributed by atoms with Gasteiger partial charge >= 0.3 is 123 Å². The second-order valence-corrected chi connectivity index (χ2v) is 13.3. The third-order valence-corrected chi connectivity index (χ3v) is 13.4. The first kappa shape index (κ1) is 16.7. The molecule has 0 aliphatic carbocycles. The van der Waals surface area contributed by atoms with E-state index >= 15 is 0 Å². The Morgan fingerprint density at radius 2 is 1.61 bits per heavy atom. The Kier molecular flexibility index (Phi) is 6.42.